The lowest BCUT2D eigenvalue weighted by atomic mass is 9.87. The van der Waals surface area contributed by atoms with E-state index in [1.54, 1.807) is 16.4 Å². The van der Waals surface area contributed by atoms with Gasteiger partial charge in [-0.25, -0.2) is 8.78 Å². The average molecular weight is 447 g/mol. The molecule has 1 aromatic heterocycles. The van der Waals surface area contributed by atoms with Gasteiger partial charge in [-0.2, -0.15) is 0 Å². The number of aromatic nitrogens is 1. The number of carbonyl (C=O) groups is 2. The lowest BCUT2D eigenvalue weighted by molar-refractivity contribution is -0.119. The molecule has 0 spiro atoms. The summed E-state index contributed by atoms with van der Waals surface area (Å²) in [4.78, 5) is 38.5. The third-order valence-electron chi connectivity index (χ3n) is 5.93. The van der Waals surface area contributed by atoms with E-state index in [1.807, 2.05) is 0 Å². The van der Waals surface area contributed by atoms with E-state index in [9.17, 15) is 28.3 Å². The quantitative estimate of drug-likeness (QED) is 0.690. The maximum Gasteiger partial charge on any atom is 0.257 e. The first kappa shape index (κ1) is 23.4. The molecule has 172 valence electrons. The fourth-order valence-corrected chi connectivity index (χ4v) is 4.11. The highest BCUT2D eigenvalue weighted by Gasteiger charge is 2.30. The summed E-state index contributed by atoms with van der Waals surface area (Å²) in [6.07, 6.45) is 3.64. The summed E-state index contributed by atoms with van der Waals surface area (Å²) in [7, 11) is 0. The van der Waals surface area contributed by atoms with Gasteiger partial charge < -0.3 is 19.9 Å². The molecule has 1 fully saturated rings. The molecular formula is C23H27F2N3O4. The Morgan fingerprint density at radius 2 is 2.06 bits per heavy atom. The molecule has 2 heterocycles. The number of benzene rings is 1. The highest BCUT2D eigenvalue weighted by atomic mass is 19.1. The number of amides is 2. The fraction of sp³-hybridized carbons (Fsp3) is 0.435. The van der Waals surface area contributed by atoms with Crippen molar-refractivity contribution in [1.82, 2.24) is 14.8 Å². The minimum absolute atomic E-state index is 0.0593. The molecule has 1 unspecified atom stereocenters. The molecule has 2 aromatic rings. The van der Waals surface area contributed by atoms with Gasteiger partial charge >= 0.3 is 0 Å². The Morgan fingerprint density at radius 3 is 2.72 bits per heavy atom. The highest BCUT2D eigenvalue weighted by Crippen LogP contribution is 2.33. The molecule has 0 aliphatic carbocycles. The molecule has 0 saturated carbocycles. The van der Waals surface area contributed by atoms with Crippen LogP contribution in [0.2, 0.25) is 0 Å². The second-order valence-corrected chi connectivity index (χ2v) is 9.02. The van der Waals surface area contributed by atoms with E-state index in [-0.39, 0.29) is 29.1 Å². The molecule has 1 aliphatic rings. The molecule has 9 heteroatoms. The Morgan fingerprint density at radius 1 is 1.34 bits per heavy atom. The van der Waals surface area contributed by atoms with Crippen LogP contribution in [0.1, 0.15) is 54.3 Å². The summed E-state index contributed by atoms with van der Waals surface area (Å²) in [5, 5.41) is 12.9. The molecule has 2 amide bonds. The fourth-order valence-electron chi connectivity index (χ4n) is 4.11. The number of hydrogen-bond acceptors (Lipinski definition) is 4. The van der Waals surface area contributed by atoms with Crippen LogP contribution in [0.15, 0.2) is 29.2 Å². The lowest BCUT2D eigenvalue weighted by Gasteiger charge is -2.27. The van der Waals surface area contributed by atoms with Crippen LogP contribution < -0.4 is 10.7 Å². The van der Waals surface area contributed by atoms with Gasteiger partial charge in [0.25, 0.3) is 5.91 Å². The number of nitrogens with zero attached hydrogens (tertiary/aromatic N) is 2. The van der Waals surface area contributed by atoms with Crippen molar-refractivity contribution in [2.24, 2.45) is 5.41 Å². The summed E-state index contributed by atoms with van der Waals surface area (Å²) >= 11 is 0. The minimum atomic E-state index is -0.836. The second-order valence-electron chi connectivity index (χ2n) is 9.02. The van der Waals surface area contributed by atoms with Crippen LogP contribution in [0.5, 0.6) is 5.75 Å². The van der Waals surface area contributed by atoms with Crippen LogP contribution in [0.25, 0.3) is 0 Å². The van der Waals surface area contributed by atoms with Crippen LogP contribution in [0, 0.1) is 24.0 Å². The van der Waals surface area contributed by atoms with Crippen molar-refractivity contribution in [2.45, 2.75) is 46.2 Å². The van der Waals surface area contributed by atoms with Crippen molar-refractivity contribution in [3.63, 3.8) is 0 Å². The smallest absolute Gasteiger partial charge is 0.257 e. The zero-order valence-electron chi connectivity index (χ0n) is 18.3. The molecule has 2 N–H and O–H groups in total. The van der Waals surface area contributed by atoms with Gasteiger partial charge in [-0.05, 0) is 31.2 Å². The first-order chi connectivity index (χ1) is 15.0. The summed E-state index contributed by atoms with van der Waals surface area (Å²) in [5.41, 5.74) is -0.867. The standard InChI is InChI=1S/C23H27F2N3O4/c1-14-20(30)21(31)18(22(32)26-9-15-4-5-16(24)8-19(15)25)11-28(14)17-6-7-23(2,3)12-27(10-17)13-29/h4-5,8,11,13,17,30H,6-7,9-10,12H2,1-3H3,(H,26,32). The third kappa shape index (κ3) is 4.98. The van der Waals surface area contributed by atoms with Crippen LogP contribution in [0.3, 0.4) is 0 Å². The number of pyridine rings is 1. The molecular weight excluding hydrogens is 420 g/mol. The molecule has 7 nitrogen and oxygen atoms in total. The van der Waals surface area contributed by atoms with Gasteiger partial charge in [0.05, 0.1) is 11.7 Å². The van der Waals surface area contributed by atoms with E-state index in [0.717, 1.165) is 18.9 Å². The van der Waals surface area contributed by atoms with Gasteiger partial charge in [0.15, 0.2) is 5.75 Å². The van der Waals surface area contributed by atoms with Crippen molar-refractivity contribution in [1.29, 1.82) is 0 Å². The maximum absolute atomic E-state index is 13.8. The van der Waals surface area contributed by atoms with Crippen LogP contribution in [0.4, 0.5) is 8.78 Å². The van der Waals surface area contributed by atoms with E-state index in [2.05, 4.69) is 19.2 Å². The van der Waals surface area contributed by atoms with Crippen LogP contribution in [-0.4, -0.2) is 40.0 Å². The van der Waals surface area contributed by atoms with Gasteiger partial charge in [-0.3, -0.25) is 14.4 Å². The normalized spacial score (nSPS) is 18.2. The molecule has 1 saturated heterocycles. The number of rotatable bonds is 5. The zero-order valence-corrected chi connectivity index (χ0v) is 18.3. The van der Waals surface area contributed by atoms with E-state index in [1.165, 1.54) is 12.3 Å². The Hall–Kier alpha value is -3.23. The Kier molecular flexibility index (Phi) is 6.66. The van der Waals surface area contributed by atoms with Crippen molar-refractivity contribution in [3.05, 3.63) is 63.1 Å². The van der Waals surface area contributed by atoms with Gasteiger partial charge in [0.2, 0.25) is 11.8 Å². The number of halogens is 2. The largest absolute Gasteiger partial charge is 0.503 e. The molecule has 1 atom stereocenters. The number of likely N-dealkylation sites (tertiary alicyclic amines) is 1. The molecule has 3 rings (SSSR count). The highest BCUT2D eigenvalue weighted by molar-refractivity contribution is 5.94. The molecule has 32 heavy (non-hydrogen) atoms. The van der Waals surface area contributed by atoms with Crippen molar-refractivity contribution in [3.8, 4) is 5.75 Å². The second kappa shape index (κ2) is 9.10. The number of carbonyl (C=O) groups excluding carboxylic acids is 2. The predicted octanol–water partition coefficient (Wildman–Crippen LogP) is 2.89. The molecule has 1 aromatic carbocycles. The third-order valence-corrected chi connectivity index (χ3v) is 5.93. The van der Waals surface area contributed by atoms with Gasteiger partial charge in [-0.1, -0.05) is 19.9 Å². The Bertz CT molecular complexity index is 1100. The van der Waals surface area contributed by atoms with E-state index >= 15 is 0 Å². The molecule has 1 aliphatic heterocycles. The Labute approximate surface area is 184 Å². The Balaban J connectivity index is 1.90. The van der Waals surface area contributed by atoms with E-state index < -0.39 is 28.7 Å². The van der Waals surface area contributed by atoms with Crippen molar-refractivity contribution in [2.75, 3.05) is 13.1 Å². The summed E-state index contributed by atoms with van der Waals surface area (Å²) < 4.78 is 28.6. The first-order valence-corrected chi connectivity index (χ1v) is 10.4. The van der Waals surface area contributed by atoms with E-state index in [0.29, 0.717) is 31.3 Å². The average Bonchev–Trinajstić information content (AvgIpc) is 2.89. The van der Waals surface area contributed by atoms with Gasteiger partial charge in [0, 0.05) is 37.5 Å². The SMILES string of the molecule is Cc1c(O)c(=O)c(C(=O)NCc2ccc(F)cc2F)cn1C1CCC(C)(C)CN(C=O)C1. The minimum Gasteiger partial charge on any atom is -0.503 e. The molecule has 0 bridgehead atoms. The number of nitrogens with one attached hydrogen (secondary N) is 1. The monoisotopic (exact) mass is 447 g/mol. The van der Waals surface area contributed by atoms with Crippen molar-refractivity contribution < 1.29 is 23.5 Å². The number of hydrogen-bond donors (Lipinski definition) is 2. The summed E-state index contributed by atoms with van der Waals surface area (Å²) in [6.45, 7) is 6.40. The topological polar surface area (TPSA) is 91.6 Å². The summed E-state index contributed by atoms with van der Waals surface area (Å²) in [5.74, 6) is -2.89. The van der Waals surface area contributed by atoms with E-state index in [4.69, 9.17) is 0 Å². The molecule has 0 radical (unpaired) electrons. The van der Waals surface area contributed by atoms with Crippen molar-refractivity contribution >= 4 is 12.3 Å². The predicted molar refractivity (Wildman–Crippen MR) is 114 cm³/mol. The zero-order chi connectivity index (χ0) is 23.6. The van der Waals surface area contributed by atoms with Gasteiger partial charge in [-0.15, -0.1) is 0 Å². The summed E-state index contributed by atoms with van der Waals surface area (Å²) in [6, 6.07) is 2.74. The van der Waals surface area contributed by atoms with Crippen LogP contribution in [-0.2, 0) is 11.3 Å². The van der Waals surface area contributed by atoms with Crippen LogP contribution >= 0.6 is 0 Å². The maximum atomic E-state index is 13.8. The lowest BCUT2D eigenvalue weighted by Crippen LogP contribution is -2.35. The van der Waals surface area contributed by atoms with Gasteiger partial charge in [0.1, 0.15) is 17.2 Å². The number of aromatic hydroxyl groups is 1. The first-order valence-electron chi connectivity index (χ1n) is 10.4.